The molecular formula is C11H14O6. The SMILES string of the molecule is CC(=O)C(C(C)=O)C(=O)C(O)(C(C)=O)C(C)=O. The maximum atomic E-state index is 11.8. The van der Waals surface area contributed by atoms with E-state index in [0.29, 0.717) is 0 Å². The van der Waals surface area contributed by atoms with Crippen LogP contribution in [0.25, 0.3) is 0 Å². The van der Waals surface area contributed by atoms with Gasteiger partial charge >= 0.3 is 0 Å². The molecule has 0 aliphatic rings. The Morgan fingerprint density at radius 3 is 1.29 bits per heavy atom. The van der Waals surface area contributed by atoms with Crippen molar-refractivity contribution in [1.82, 2.24) is 0 Å². The van der Waals surface area contributed by atoms with Gasteiger partial charge in [-0.3, -0.25) is 24.0 Å². The third kappa shape index (κ3) is 2.71. The molecule has 0 aliphatic heterocycles. The van der Waals surface area contributed by atoms with E-state index >= 15 is 0 Å². The van der Waals surface area contributed by atoms with Crippen molar-refractivity contribution in [3.63, 3.8) is 0 Å². The minimum atomic E-state index is -2.91. The highest BCUT2D eigenvalue weighted by Gasteiger charge is 2.51. The lowest BCUT2D eigenvalue weighted by Crippen LogP contribution is -2.56. The number of hydrogen-bond acceptors (Lipinski definition) is 6. The van der Waals surface area contributed by atoms with E-state index in [9.17, 15) is 29.1 Å². The van der Waals surface area contributed by atoms with Crippen LogP contribution in [0, 0.1) is 5.92 Å². The fourth-order valence-corrected chi connectivity index (χ4v) is 1.46. The van der Waals surface area contributed by atoms with Crippen LogP contribution in [0.4, 0.5) is 0 Å². The van der Waals surface area contributed by atoms with Gasteiger partial charge in [0.1, 0.15) is 17.5 Å². The lowest BCUT2D eigenvalue weighted by Gasteiger charge is -2.23. The fourth-order valence-electron chi connectivity index (χ4n) is 1.46. The summed E-state index contributed by atoms with van der Waals surface area (Å²) in [5, 5.41) is 9.75. The third-order valence-electron chi connectivity index (χ3n) is 2.45. The van der Waals surface area contributed by atoms with Crippen molar-refractivity contribution in [2.24, 2.45) is 5.92 Å². The topological polar surface area (TPSA) is 106 Å². The van der Waals surface area contributed by atoms with Crippen molar-refractivity contribution in [2.45, 2.75) is 33.3 Å². The van der Waals surface area contributed by atoms with Crippen molar-refractivity contribution in [2.75, 3.05) is 0 Å². The summed E-state index contributed by atoms with van der Waals surface area (Å²) in [7, 11) is 0. The molecule has 0 amide bonds. The number of carbonyl (C=O) groups excluding carboxylic acids is 5. The zero-order valence-electron chi connectivity index (χ0n) is 10.1. The normalized spacial score (nSPS) is 11.2. The maximum absolute atomic E-state index is 11.8. The van der Waals surface area contributed by atoms with E-state index in [1.54, 1.807) is 0 Å². The minimum absolute atomic E-state index is 0.816. The van der Waals surface area contributed by atoms with Crippen molar-refractivity contribution in [3.05, 3.63) is 0 Å². The Balaban J connectivity index is 5.67. The van der Waals surface area contributed by atoms with Crippen LogP contribution in [0.15, 0.2) is 0 Å². The first kappa shape index (κ1) is 15.3. The molecule has 17 heavy (non-hydrogen) atoms. The zero-order chi connectivity index (χ0) is 14.0. The predicted octanol–water partition coefficient (Wildman–Crippen LogP) is -0.741. The van der Waals surface area contributed by atoms with Crippen LogP contribution in [0.1, 0.15) is 27.7 Å². The Kier molecular flexibility index (Phi) is 4.59. The summed E-state index contributed by atoms with van der Waals surface area (Å²) in [4.78, 5) is 56.5. The molecule has 0 heterocycles. The highest BCUT2D eigenvalue weighted by molar-refractivity contribution is 6.34. The van der Waals surface area contributed by atoms with Gasteiger partial charge in [-0.15, -0.1) is 0 Å². The molecule has 94 valence electrons. The third-order valence-corrected chi connectivity index (χ3v) is 2.45. The van der Waals surface area contributed by atoms with Crippen molar-refractivity contribution >= 4 is 28.9 Å². The second-order valence-electron chi connectivity index (χ2n) is 3.84. The molecule has 0 atom stereocenters. The van der Waals surface area contributed by atoms with Crippen LogP contribution in [0.5, 0.6) is 0 Å². The number of hydrogen-bond donors (Lipinski definition) is 1. The Morgan fingerprint density at radius 2 is 1.12 bits per heavy atom. The number of carbonyl (C=O) groups is 5. The molecule has 0 fully saturated rings. The van der Waals surface area contributed by atoms with Gasteiger partial charge in [-0.1, -0.05) is 0 Å². The van der Waals surface area contributed by atoms with Gasteiger partial charge < -0.3 is 5.11 Å². The molecule has 0 saturated carbocycles. The Hall–Kier alpha value is -1.69. The van der Waals surface area contributed by atoms with Crippen molar-refractivity contribution in [1.29, 1.82) is 0 Å². The van der Waals surface area contributed by atoms with E-state index in [1.807, 2.05) is 0 Å². The van der Waals surface area contributed by atoms with Gasteiger partial charge in [-0.25, -0.2) is 0 Å². The standard InChI is InChI=1S/C11H14O6/c1-5(12)9(6(2)13)10(16)11(17,7(3)14)8(4)15/h9,17H,1-4H3. The maximum Gasteiger partial charge on any atom is 0.240 e. The molecule has 0 rings (SSSR count). The molecule has 0 aromatic rings. The van der Waals surface area contributed by atoms with Crippen LogP contribution < -0.4 is 0 Å². The average molecular weight is 242 g/mol. The summed E-state index contributed by atoms with van der Waals surface area (Å²) in [6, 6.07) is 0. The van der Waals surface area contributed by atoms with Gasteiger partial charge in [0.2, 0.25) is 5.60 Å². The van der Waals surface area contributed by atoms with Crippen LogP contribution in [0.3, 0.4) is 0 Å². The monoisotopic (exact) mass is 242 g/mol. The number of ketones is 5. The predicted molar refractivity (Wildman–Crippen MR) is 56.2 cm³/mol. The molecule has 0 spiro atoms. The Bertz CT molecular complexity index is 378. The number of rotatable bonds is 6. The smallest absolute Gasteiger partial charge is 0.240 e. The van der Waals surface area contributed by atoms with Gasteiger partial charge in [-0.05, 0) is 27.7 Å². The summed E-state index contributed by atoms with van der Waals surface area (Å²) in [6.07, 6.45) is 0. The van der Waals surface area contributed by atoms with Gasteiger partial charge in [0.25, 0.3) is 0 Å². The molecule has 0 unspecified atom stereocenters. The molecular weight excluding hydrogens is 228 g/mol. The van der Waals surface area contributed by atoms with Gasteiger partial charge in [0.05, 0.1) is 0 Å². The first-order valence-electron chi connectivity index (χ1n) is 4.86. The van der Waals surface area contributed by atoms with E-state index < -0.39 is 40.4 Å². The summed E-state index contributed by atoms with van der Waals surface area (Å²) in [5.74, 6) is -7.01. The lowest BCUT2D eigenvalue weighted by atomic mass is 9.80. The number of Topliss-reactive ketones (excluding diaryl/α,β-unsaturated/α-hetero) is 5. The van der Waals surface area contributed by atoms with Crippen LogP contribution in [-0.2, 0) is 24.0 Å². The van der Waals surface area contributed by atoms with E-state index in [2.05, 4.69) is 0 Å². The zero-order valence-corrected chi connectivity index (χ0v) is 10.1. The first-order valence-corrected chi connectivity index (χ1v) is 4.86. The van der Waals surface area contributed by atoms with Gasteiger partial charge in [0.15, 0.2) is 17.3 Å². The van der Waals surface area contributed by atoms with Crippen LogP contribution in [0.2, 0.25) is 0 Å². The van der Waals surface area contributed by atoms with Crippen LogP contribution >= 0.6 is 0 Å². The second kappa shape index (κ2) is 5.09. The van der Waals surface area contributed by atoms with Crippen molar-refractivity contribution < 1.29 is 29.1 Å². The fraction of sp³-hybridized carbons (Fsp3) is 0.545. The average Bonchev–Trinajstić information content (AvgIpc) is 2.14. The number of aliphatic hydroxyl groups is 1. The summed E-state index contributed by atoms with van der Waals surface area (Å²) < 4.78 is 0. The van der Waals surface area contributed by atoms with E-state index in [4.69, 9.17) is 0 Å². The molecule has 0 aromatic carbocycles. The Morgan fingerprint density at radius 1 is 0.824 bits per heavy atom. The van der Waals surface area contributed by atoms with E-state index in [-0.39, 0.29) is 0 Å². The molecule has 6 nitrogen and oxygen atoms in total. The summed E-state index contributed by atoms with van der Waals surface area (Å²) in [6.45, 7) is 3.64. The molecule has 0 aromatic heterocycles. The van der Waals surface area contributed by atoms with Gasteiger partial charge in [-0.2, -0.15) is 0 Å². The minimum Gasteiger partial charge on any atom is -0.369 e. The van der Waals surface area contributed by atoms with Gasteiger partial charge in [0, 0.05) is 0 Å². The molecule has 6 heteroatoms. The molecule has 0 bridgehead atoms. The summed E-state index contributed by atoms with van der Waals surface area (Å²) >= 11 is 0. The quantitative estimate of drug-likeness (QED) is 0.615. The highest BCUT2D eigenvalue weighted by Crippen LogP contribution is 2.17. The second-order valence-corrected chi connectivity index (χ2v) is 3.84. The lowest BCUT2D eigenvalue weighted by molar-refractivity contribution is -0.160. The highest BCUT2D eigenvalue weighted by atomic mass is 16.3. The largest absolute Gasteiger partial charge is 0.369 e. The van der Waals surface area contributed by atoms with E-state index in [0.717, 1.165) is 27.7 Å². The van der Waals surface area contributed by atoms with E-state index in [1.165, 1.54) is 0 Å². The van der Waals surface area contributed by atoms with Crippen molar-refractivity contribution in [3.8, 4) is 0 Å². The van der Waals surface area contributed by atoms with Crippen LogP contribution in [-0.4, -0.2) is 39.6 Å². The summed E-state index contributed by atoms with van der Waals surface area (Å²) in [5.41, 5.74) is -2.91. The molecule has 0 radical (unpaired) electrons. The molecule has 0 saturated heterocycles. The Labute approximate surface area is 98.0 Å². The first-order chi connectivity index (χ1) is 7.56. The molecule has 0 aliphatic carbocycles. The molecule has 1 N–H and O–H groups in total.